The summed E-state index contributed by atoms with van der Waals surface area (Å²) in [7, 11) is 3.12. The minimum absolute atomic E-state index is 0.375. The normalized spacial score (nSPS) is 11.5. The summed E-state index contributed by atoms with van der Waals surface area (Å²) in [6, 6.07) is 5.27. The van der Waals surface area contributed by atoms with Crippen LogP contribution < -0.4 is 9.47 Å². The maximum atomic E-state index is 10.1. The minimum atomic E-state index is -0.663. The summed E-state index contributed by atoms with van der Waals surface area (Å²) in [4.78, 5) is 2.67. The molecule has 1 aromatic carbocycles. The van der Waals surface area contributed by atoms with Crippen LogP contribution in [0.3, 0.4) is 0 Å². The van der Waals surface area contributed by atoms with E-state index >= 15 is 0 Å². The summed E-state index contributed by atoms with van der Waals surface area (Å²) in [5.74, 6) is 1.28. The van der Waals surface area contributed by atoms with Crippen LogP contribution in [0.25, 0.3) is 10.4 Å². The number of ether oxygens (including phenoxy) is 2. The number of azide groups is 1. The van der Waals surface area contributed by atoms with Gasteiger partial charge < -0.3 is 14.6 Å². The summed E-state index contributed by atoms with van der Waals surface area (Å²) in [5.41, 5.74) is 8.84. The van der Waals surface area contributed by atoms with E-state index < -0.39 is 6.10 Å². The molecule has 98 valence electrons. The number of benzene rings is 1. The van der Waals surface area contributed by atoms with Gasteiger partial charge in [-0.05, 0) is 36.6 Å². The van der Waals surface area contributed by atoms with Gasteiger partial charge in [-0.2, -0.15) is 0 Å². The Kier molecular flexibility index (Phi) is 5.84. The molecule has 0 heterocycles. The summed E-state index contributed by atoms with van der Waals surface area (Å²) < 4.78 is 10.3. The topological polar surface area (TPSA) is 87.5 Å². The molecule has 0 aliphatic heterocycles. The Morgan fingerprint density at radius 2 is 2.17 bits per heavy atom. The van der Waals surface area contributed by atoms with Gasteiger partial charge in [-0.25, -0.2) is 0 Å². The van der Waals surface area contributed by atoms with Crippen molar-refractivity contribution in [2.45, 2.75) is 18.9 Å². The first kappa shape index (κ1) is 14.2. The van der Waals surface area contributed by atoms with E-state index in [2.05, 4.69) is 10.0 Å². The number of rotatable bonds is 7. The van der Waals surface area contributed by atoms with E-state index in [9.17, 15) is 5.11 Å². The number of hydrogen-bond donors (Lipinski definition) is 1. The molecule has 18 heavy (non-hydrogen) atoms. The fourth-order valence-corrected chi connectivity index (χ4v) is 1.66. The SMILES string of the molecule is COc1ccc(OC)c(C(O)CCCN=[N+]=[N-])c1. The van der Waals surface area contributed by atoms with Gasteiger partial charge in [-0.15, -0.1) is 0 Å². The molecule has 0 amide bonds. The summed E-state index contributed by atoms with van der Waals surface area (Å²) in [5, 5.41) is 13.5. The van der Waals surface area contributed by atoms with Crippen molar-refractivity contribution in [1.82, 2.24) is 0 Å². The van der Waals surface area contributed by atoms with Crippen molar-refractivity contribution in [3.63, 3.8) is 0 Å². The molecule has 0 aliphatic carbocycles. The molecule has 1 aromatic rings. The number of nitrogens with zero attached hydrogens (tertiary/aromatic N) is 3. The zero-order chi connectivity index (χ0) is 13.4. The van der Waals surface area contributed by atoms with Gasteiger partial charge in [0, 0.05) is 17.0 Å². The fraction of sp³-hybridized carbons (Fsp3) is 0.500. The van der Waals surface area contributed by atoms with Crippen LogP contribution in [0.15, 0.2) is 23.3 Å². The van der Waals surface area contributed by atoms with Gasteiger partial charge >= 0.3 is 0 Å². The maximum Gasteiger partial charge on any atom is 0.124 e. The third-order valence-electron chi connectivity index (χ3n) is 2.59. The van der Waals surface area contributed by atoms with Crippen LogP contribution in [0.2, 0.25) is 0 Å². The zero-order valence-corrected chi connectivity index (χ0v) is 10.5. The lowest BCUT2D eigenvalue weighted by molar-refractivity contribution is 0.161. The molecule has 6 nitrogen and oxygen atoms in total. The van der Waals surface area contributed by atoms with Gasteiger partial charge in [-0.1, -0.05) is 5.11 Å². The van der Waals surface area contributed by atoms with Crippen molar-refractivity contribution in [2.24, 2.45) is 5.11 Å². The molecule has 0 radical (unpaired) electrons. The molecular weight excluding hydrogens is 234 g/mol. The highest BCUT2D eigenvalue weighted by Gasteiger charge is 2.14. The Hall–Kier alpha value is -1.91. The van der Waals surface area contributed by atoms with Crippen LogP contribution in [0.1, 0.15) is 24.5 Å². The van der Waals surface area contributed by atoms with Crippen LogP contribution in [0.5, 0.6) is 11.5 Å². The van der Waals surface area contributed by atoms with Crippen molar-refractivity contribution >= 4 is 0 Å². The van der Waals surface area contributed by atoms with E-state index in [1.165, 1.54) is 0 Å². The third-order valence-corrected chi connectivity index (χ3v) is 2.59. The molecular formula is C12H17N3O3. The predicted octanol–water partition coefficient (Wildman–Crippen LogP) is 2.83. The van der Waals surface area contributed by atoms with Crippen molar-refractivity contribution in [3.05, 3.63) is 34.2 Å². The second kappa shape index (κ2) is 7.42. The van der Waals surface area contributed by atoms with E-state index in [0.29, 0.717) is 36.4 Å². The van der Waals surface area contributed by atoms with E-state index in [-0.39, 0.29) is 0 Å². The molecule has 0 saturated carbocycles. The second-order valence-electron chi connectivity index (χ2n) is 3.72. The smallest absolute Gasteiger partial charge is 0.124 e. The monoisotopic (exact) mass is 251 g/mol. The van der Waals surface area contributed by atoms with Gasteiger partial charge in [0.25, 0.3) is 0 Å². The highest BCUT2D eigenvalue weighted by Crippen LogP contribution is 2.31. The van der Waals surface area contributed by atoms with Crippen LogP contribution in [0.4, 0.5) is 0 Å². The molecule has 1 atom stereocenters. The van der Waals surface area contributed by atoms with Gasteiger partial charge in [0.05, 0.1) is 20.3 Å². The Balaban J connectivity index is 2.75. The molecule has 1 unspecified atom stereocenters. The molecule has 0 saturated heterocycles. The van der Waals surface area contributed by atoms with Crippen molar-refractivity contribution < 1.29 is 14.6 Å². The van der Waals surface area contributed by atoms with Crippen LogP contribution in [-0.2, 0) is 0 Å². The predicted molar refractivity (Wildman–Crippen MR) is 67.8 cm³/mol. The molecule has 0 bridgehead atoms. The second-order valence-corrected chi connectivity index (χ2v) is 3.72. The first-order valence-electron chi connectivity index (χ1n) is 5.63. The third kappa shape index (κ3) is 3.84. The van der Waals surface area contributed by atoms with E-state index in [0.717, 1.165) is 0 Å². The maximum absolute atomic E-state index is 10.1. The molecule has 0 aromatic heterocycles. The standard InChI is InChI=1S/C12H17N3O3/c1-17-9-5-6-12(18-2)10(8-9)11(16)4-3-7-14-15-13/h5-6,8,11,16H,3-4,7H2,1-2H3. The highest BCUT2D eigenvalue weighted by molar-refractivity contribution is 5.41. The van der Waals surface area contributed by atoms with E-state index in [4.69, 9.17) is 15.0 Å². The van der Waals surface area contributed by atoms with Crippen molar-refractivity contribution in [1.29, 1.82) is 0 Å². The van der Waals surface area contributed by atoms with Gasteiger partial charge in [0.15, 0.2) is 0 Å². The summed E-state index contributed by atoms with van der Waals surface area (Å²) in [6.07, 6.45) is 0.456. The minimum Gasteiger partial charge on any atom is -0.497 e. The van der Waals surface area contributed by atoms with Crippen LogP contribution in [-0.4, -0.2) is 25.9 Å². The summed E-state index contributed by atoms with van der Waals surface area (Å²) in [6.45, 7) is 0.375. The summed E-state index contributed by atoms with van der Waals surface area (Å²) >= 11 is 0. The average molecular weight is 251 g/mol. The Morgan fingerprint density at radius 1 is 1.39 bits per heavy atom. The van der Waals surface area contributed by atoms with E-state index in [1.807, 2.05) is 0 Å². The highest BCUT2D eigenvalue weighted by atomic mass is 16.5. The molecule has 0 fully saturated rings. The lowest BCUT2D eigenvalue weighted by atomic mass is 10.0. The van der Waals surface area contributed by atoms with Gasteiger partial charge in [-0.3, -0.25) is 0 Å². The lowest BCUT2D eigenvalue weighted by Gasteiger charge is -2.15. The molecule has 1 N–H and O–H groups in total. The fourth-order valence-electron chi connectivity index (χ4n) is 1.66. The zero-order valence-electron chi connectivity index (χ0n) is 10.5. The molecule has 0 spiro atoms. The number of hydrogen-bond acceptors (Lipinski definition) is 4. The van der Waals surface area contributed by atoms with Crippen molar-refractivity contribution in [2.75, 3.05) is 20.8 Å². The molecule has 6 heteroatoms. The first-order chi connectivity index (χ1) is 8.72. The first-order valence-corrected chi connectivity index (χ1v) is 5.63. The van der Waals surface area contributed by atoms with Crippen LogP contribution >= 0.6 is 0 Å². The van der Waals surface area contributed by atoms with Gasteiger partial charge in [0.1, 0.15) is 11.5 Å². The van der Waals surface area contributed by atoms with Crippen LogP contribution in [0, 0.1) is 0 Å². The molecule has 1 rings (SSSR count). The number of aliphatic hydroxyl groups excluding tert-OH is 1. The Morgan fingerprint density at radius 3 is 2.78 bits per heavy atom. The van der Waals surface area contributed by atoms with Crippen molar-refractivity contribution in [3.8, 4) is 11.5 Å². The Bertz CT molecular complexity index is 431. The Labute approximate surface area is 106 Å². The largest absolute Gasteiger partial charge is 0.497 e. The molecule has 0 aliphatic rings. The lowest BCUT2D eigenvalue weighted by Crippen LogP contribution is -2.02. The number of aliphatic hydroxyl groups is 1. The quantitative estimate of drug-likeness (QED) is 0.350. The van der Waals surface area contributed by atoms with E-state index in [1.54, 1.807) is 32.4 Å². The van der Waals surface area contributed by atoms with Gasteiger partial charge in [0.2, 0.25) is 0 Å². The number of methoxy groups -OCH3 is 2. The average Bonchev–Trinajstić information content (AvgIpc) is 2.42.